The number of anilines is 4. The zero-order valence-electron chi connectivity index (χ0n) is 14.8. The maximum atomic E-state index is 5.62. The summed E-state index contributed by atoms with van der Waals surface area (Å²) in [6.45, 7) is 0.546. The molecule has 27 heavy (non-hydrogen) atoms. The van der Waals surface area contributed by atoms with Crippen molar-refractivity contribution < 1.29 is 4.74 Å². The summed E-state index contributed by atoms with van der Waals surface area (Å²) in [5.41, 5.74) is 8.46. The summed E-state index contributed by atoms with van der Waals surface area (Å²) in [5, 5.41) is 14.0. The summed E-state index contributed by atoms with van der Waals surface area (Å²) in [7, 11) is 0. The minimum atomic E-state index is 0.0542. The highest BCUT2D eigenvalue weighted by atomic mass is 16.5. The van der Waals surface area contributed by atoms with Crippen LogP contribution in [-0.2, 0) is 6.42 Å². The first-order valence-electron chi connectivity index (χ1n) is 9.35. The molecule has 0 bridgehead atoms. The molecule has 0 saturated carbocycles. The summed E-state index contributed by atoms with van der Waals surface area (Å²) in [6, 6.07) is 21.8. The molecule has 0 radical (unpaired) electrons. The van der Waals surface area contributed by atoms with E-state index in [0.717, 1.165) is 29.2 Å². The Hall–Kier alpha value is -3.34. The van der Waals surface area contributed by atoms with Gasteiger partial charge in [-0.25, -0.2) is 0 Å². The Morgan fingerprint density at radius 1 is 0.741 bits per heavy atom. The van der Waals surface area contributed by atoms with E-state index in [1.54, 1.807) is 0 Å². The topological polar surface area (TPSA) is 57.4 Å². The van der Waals surface area contributed by atoms with Gasteiger partial charge in [-0.15, -0.1) is 0 Å². The maximum Gasteiger partial charge on any atom is 0.159 e. The number of hydrogen-bond donors (Lipinski definition) is 4. The molecule has 3 heterocycles. The standard InChI is InChI=1S/C22H20N4O/c1-2-4-16-13(3-1)9-19(24-16)14-5-7-17-20(10-14)26-22(25-17)15-6-8-18-21(11-15)27-12-23-18/h1-8,10-11,19,22-26H,9,12H2. The lowest BCUT2D eigenvalue weighted by Gasteiger charge is -2.14. The number of benzene rings is 3. The van der Waals surface area contributed by atoms with Gasteiger partial charge >= 0.3 is 0 Å². The number of ether oxygens (including phenoxy) is 1. The van der Waals surface area contributed by atoms with Gasteiger partial charge in [-0.1, -0.05) is 30.3 Å². The molecule has 3 aromatic rings. The van der Waals surface area contributed by atoms with Crippen molar-refractivity contribution in [3.8, 4) is 5.75 Å². The van der Waals surface area contributed by atoms with Crippen molar-refractivity contribution in [3.63, 3.8) is 0 Å². The molecule has 6 rings (SSSR count). The van der Waals surface area contributed by atoms with E-state index in [0.29, 0.717) is 12.8 Å². The quantitative estimate of drug-likeness (QED) is 0.536. The van der Waals surface area contributed by atoms with Gasteiger partial charge in [-0.2, -0.15) is 0 Å². The molecule has 134 valence electrons. The SMILES string of the molecule is c1ccc2c(c1)CC(c1ccc3c(c1)NC(c1ccc4c(c1)OCN4)N3)N2. The van der Waals surface area contributed by atoms with Crippen LogP contribution in [0.15, 0.2) is 60.7 Å². The predicted molar refractivity (Wildman–Crippen MR) is 108 cm³/mol. The Bertz CT molecular complexity index is 1020. The van der Waals surface area contributed by atoms with Crippen molar-refractivity contribution in [2.75, 3.05) is 28.0 Å². The first-order valence-corrected chi connectivity index (χ1v) is 9.35. The van der Waals surface area contributed by atoms with E-state index in [1.807, 2.05) is 0 Å². The van der Waals surface area contributed by atoms with Crippen LogP contribution < -0.4 is 26.0 Å². The van der Waals surface area contributed by atoms with Gasteiger partial charge in [0.05, 0.1) is 23.1 Å². The minimum absolute atomic E-state index is 0.0542. The van der Waals surface area contributed by atoms with Crippen molar-refractivity contribution in [1.82, 2.24) is 0 Å². The normalized spacial score (nSPS) is 21.0. The molecular weight excluding hydrogens is 336 g/mol. The molecule has 5 heteroatoms. The van der Waals surface area contributed by atoms with Crippen LogP contribution in [0.5, 0.6) is 5.75 Å². The largest absolute Gasteiger partial charge is 0.471 e. The third-order valence-electron chi connectivity index (χ3n) is 5.65. The highest BCUT2D eigenvalue weighted by Gasteiger charge is 2.26. The number of nitrogens with one attached hydrogen (secondary N) is 4. The van der Waals surface area contributed by atoms with Crippen LogP contribution in [0.2, 0.25) is 0 Å². The van der Waals surface area contributed by atoms with E-state index in [-0.39, 0.29) is 6.17 Å². The highest BCUT2D eigenvalue weighted by Crippen LogP contribution is 2.41. The second-order valence-corrected chi connectivity index (χ2v) is 7.31. The number of rotatable bonds is 2. The Morgan fingerprint density at radius 2 is 1.59 bits per heavy atom. The fourth-order valence-corrected chi connectivity index (χ4v) is 4.21. The van der Waals surface area contributed by atoms with Crippen molar-refractivity contribution in [2.45, 2.75) is 18.6 Å². The molecule has 3 aromatic carbocycles. The molecule has 3 aliphatic heterocycles. The Labute approximate surface area is 157 Å². The predicted octanol–water partition coefficient (Wildman–Crippen LogP) is 4.69. The molecular formula is C22H20N4O. The molecule has 0 amide bonds. The van der Waals surface area contributed by atoms with Gasteiger partial charge in [0.15, 0.2) is 6.73 Å². The lowest BCUT2D eigenvalue weighted by atomic mass is 10.0. The van der Waals surface area contributed by atoms with Crippen molar-refractivity contribution in [2.24, 2.45) is 0 Å². The average Bonchev–Trinajstić information content (AvgIpc) is 3.42. The first kappa shape index (κ1) is 14.8. The molecule has 0 aromatic heterocycles. The van der Waals surface area contributed by atoms with Crippen LogP contribution >= 0.6 is 0 Å². The van der Waals surface area contributed by atoms with Crippen molar-refractivity contribution >= 4 is 22.7 Å². The number of para-hydroxylation sites is 1. The summed E-state index contributed by atoms with van der Waals surface area (Å²) in [6.07, 6.45) is 1.08. The van der Waals surface area contributed by atoms with Crippen LogP contribution in [-0.4, -0.2) is 6.73 Å². The fraction of sp³-hybridized carbons (Fsp3) is 0.182. The van der Waals surface area contributed by atoms with Gasteiger partial charge in [-0.05, 0) is 53.4 Å². The van der Waals surface area contributed by atoms with E-state index in [4.69, 9.17) is 4.74 Å². The second kappa shape index (κ2) is 5.58. The fourth-order valence-electron chi connectivity index (χ4n) is 4.21. The van der Waals surface area contributed by atoms with Crippen LogP contribution in [0, 0.1) is 0 Å². The highest BCUT2D eigenvalue weighted by molar-refractivity contribution is 5.77. The Morgan fingerprint density at radius 3 is 2.56 bits per heavy atom. The van der Waals surface area contributed by atoms with Crippen molar-refractivity contribution in [1.29, 1.82) is 0 Å². The third-order valence-corrected chi connectivity index (χ3v) is 5.65. The molecule has 2 atom stereocenters. The molecule has 0 saturated heterocycles. The lowest BCUT2D eigenvalue weighted by molar-refractivity contribution is 0.372. The van der Waals surface area contributed by atoms with Gasteiger partial charge in [0.25, 0.3) is 0 Å². The summed E-state index contributed by atoms with van der Waals surface area (Å²) < 4.78 is 5.62. The molecule has 0 fully saturated rings. The number of fused-ring (bicyclic) bond motifs is 3. The minimum Gasteiger partial charge on any atom is -0.471 e. The second-order valence-electron chi connectivity index (χ2n) is 7.31. The molecule has 0 spiro atoms. The zero-order chi connectivity index (χ0) is 17.8. The first-order chi connectivity index (χ1) is 13.3. The average molecular weight is 356 g/mol. The summed E-state index contributed by atoms with van der Waals surface area (Å²) >= 11 is 0. The van der Waals surface area contributed by atoms with E-state index >= 15 is 0 Å². The summed E-state index contributed by atoms with van der Waals surface area (Å²) in [4.78, 5) is 0. The van der Waals surface area contributed by atoms with E-state index in [2.05, 4.69) is 81.9 Å². The van der Waals surface area contributed by atoms with Gasteiger partial charge in [0.2, 0.25) is 0 Å². The third kappa shape index (κ3) is 2.39. The van der Waals surface area contributed by atoms with E-state index in [1.165, 1.54) is 22.4 Å². The van der Waals surface area contributed by atoms with Gasteiger partial charge in [0, 0.05) is 5.69 Å². The van der Waals surface area contributed by atoms with Crippen molar-refractivity contribution in [3.05, 3.63) is 77.4 Å². The molecule has 0 aliphatic carbocycles. The maximum absolute atomic E-state index is 5.62. The Balaban J connectivity index is 1.25. The van der Waals surface area contributed by atoms with Gasteiger partial charge < -0.3 is 26.0 Å². The van der Waals surface area contributed by atoms with Crippen LogP contribution in [0.4, 0.5) is 22.7 Å². The molecule has 3 aliphatic rings. The van der Waals surface area contributed by atoms with E-state index in [9.17, 15) is 0 Å². The molecule has 5 nitrogen and oxygen atoms in total. The number of hydrogen-bond acceptors (Lipinski definition) is 5. The van der Waals surface area contributed by atoms with Gasteiger partial charge in [0.1, 0.15) is 11.9 Å². The molecule has 4 N–H and O–H groups in total. The van der Waals surface area contributed by atoms with Gasteiger partial charge in [-0.3, -0.25) is 0 Å². The smallest absolute Gasteiger partial charge is 0.159 e. The van der Waals surface area contributed by atoms with Crippen LogP contribution in [0.25, 0.3) is 0 Å². The Kier molecular flexibility index (Phi) is 3.06. The lowest BCUT2D eigenvalue weighted by Crippen LogP contribution is -2.11. The van der Waals surface area contributed by atoms with Crippen LogP contribution in [0.1, 0.15) is 28.9 Å². The molecule has 2 unspecified atom stereocenters. The monoisotopic (exact) mass is 356 g/mol. The zero-order valence-corrected chi connectivity index (χ0v) is 14.8. The van der Waals surface area contributed by atoms with Crippen LogP contribution in [0.3, 0.4) is 0 Å². The summed E-state index contributed by atoms with van der Waals surface area (Å²) in [5.74, 6) is 0.917. The van der Waals surface area contributed by atoms with E-state index < -0.39 is 0 Å².